The van der Waals surface area contributed by atoms with Crippen LogP contribution >= 0.6 is 24.0 Å². The van der Waals surface area contributed by atoms with Gasteiger partial charge in [-0.3, -0.25) is 9.98 Å². The molecule has 3 heterocycles. The molecule has 0 unspecified atom stereocenters. The number of piperidine rings is 1. The number of guanidine groups is 1. The molecule has 1 fully saturated rings. The number of nitrogens with one attached hydrogen (secondary N) is 2. The molecule has 0 atom stereocenters. The second-order valence-electron chi connectivity index (χ2n) is 6.74. The number of nitrogens with zero attached hydrogens (tertiary/aromatic N) is 4. The smallest absolute Gasteiger partial charge is 0.191 e. The molecule has 2 N–H and O–H groups in total. The molecular formula is C20H29IN6. The van der Waals surface area contributed by atoms with Gasteiger partial charge in [0.2, 0.25) is 0 Å². The molecule has 0 aliphatic carbocycles. The molecule has 0 saturated carbocycles. The molecule has 1 aliphatic heterocycles. The predicted octanol–water partition coefficient (Wildman–Crippen LogP) is 3.05. The maximum atomic E-state index is 4.63. The van der Waals surface area contributed by atoms with Crippen LogP contribution in [-0.2, 0) is 6.54 Å². The molecule has 0 aromatic carbocycles. The molecule has 1 aliphatic rings. The molecule has 1 saturated heterocycles. The number of anilines is 1. The van der Waals surface area contributed by atoms with Crippen molar-refractivity contribution < 1.29 is 0 Å². The fourth-order valence-corrected chi connectivity index (χ4v) is 3.22. The first-order valence-electron chi connectivity index (χ1n) is 9.22. The number of hydrogen-bond acceptors (Lipinski definition) is 4. The molecule has 0 amide bonds. The van der Waals surface area contributed by atoms with Crippen LogP contribution in [0.2, 0.25) is 0 Å². The van der Waals surface area contributed by atoms with Crippen LogP contribution in [0.3, 0.4) is 0 Å². The average Bonchev–Trinajstić information content (AvgIpc) is 2.67. The first-order chi connectivity index (χ1) is 12.7. The van der Waals surface area contributed by atoms with Gasteiger partial charge in [-0.05, 0) is 50.5 Å². The summed E-state index contributed by atoms with van der Waals surface area (Å²) in [6.45, 7) is 6.80. The normalized spacial score (nSPS) is 15.2. The summed E-state index contributed by atoms with van der Waals surface area (Å²) in [6.07, 6.45) is 3.97. The zero-order chi connectivity index (χ0) is 18.4. The molecule has 6 nitrogen and oxygen atoms in total. The van der Waals surface area contributed by atoms with E-state index in [4.69, 9.17) is 0 Å². The monoisotopic (exact) mass is 480 g/mol. The van der Waals surface area contributed by atoms with E-state index in [1.165, 1.54) is 5.56 Å². The number of aryl methyl sites for hydroxylation is 2. The number of rotatable bonds is 4. The number of halogens is 1. The summed E-state index contributed by atoms with van der Waals surface area (Å²) < 4.78 is 0. The van der Waals surface area contributed by atoms with Crippen molar-refractivity contribution >= 4 is 35.8 Å². The van der Waals surface area contributed by atoms with E-state index in [2.05, 4.69) is 55.6 Å². The van der Waals surface area contributed by atoms with Gasteiger partial charge < -0.3 is 15.5 Å². The quantitative estimate of drug-likeness (QED) is 0.400. The lowest BCUT2D eigenvalue weighted by Crippen LogP contribution is -2.48. The SMILES string of the molecule is CN=C(NCc1ncccc1C)NC1CCN(c2cccc(C)n2)CC1.I. The van der Waals surface area contributed by atoms with Gasteiger partial charge in [-0.25, -0.2) is 4.98 Å². The van der Waals surface area contributed by atoms with E-state index in [1.54, 1.807) is 0 Å². The summed E-state index contributed by atoms with van der Waals surface area (Å²) in [5.41, 5.74) is 3.31. The largest absolute Gasteiger partial charge is 0.356 e. The molecular weight excluding hydrogens is 451 g/mol. The van der Waals surface area contributed by atoms with Crippen molar-refractivity contribution in [3.8, 4) is 0 Å². The number of pyridine rings is 2. The highest BCUT2D eigenvalue weighted by Crippen LogP contribution is 2.18. The predicted molar refractivity (Wildman–Crippen MR) is 122 cm³/mol. The average molecular weight is 480 g/mol. The van der Waals surface area contributed by atoms with Crippen molar-refractivity contribution in [2.24, 2.45) is 4.99 Å². The third kappa shape index (κ3) is 6.05. The highest BCUT2D eigenvalue weighted by atomic mass is 127. The fraction of sp³-hybridized carbons (Fsp3) is 0.450. The van der Waals surface area contributed by atoms with Gasteiger partial charge in [-0.2, -0.15) is 0 Å². The van der Waals surface area contributed by atoms with Crippen LogP contribution < -0.4 is 15.5 Å². The van der Waals surface area contributed by atoms with Crippen LogP contribution in [0.15, 0.2) is 41.5 Å². The maximum Gasteiger partial charge on any atom is 0.191 e. The lowest BCUT2D eigenvalue weighted by Gasteiger charge is -2.34. The Hall–Kier alpha value is -1.90. The van der Waals surface area contributed by atoms with Gasteiger partial charge in [0.15, 0.2) is 5.96 Å². The summed E-state index contributed by atoms with van der Waals surface area (Å²) >= 11 is 0. The van der Waals surface area contributed by atoms with E-state index in [-0.39, 0.29) is 24.0 Å². The summed E-state index contributed by atoms with van der Waals surface area (Å²) in [5, 5.41) is 6.92. The Morgan fingerprint density at radius 2 is 1.96 bits per heavy atom. The van der Waals surface area contributed by atoms with Crippen molar-refractivity contribution in [2.45, 2.75) is 39.3 Å². The fourth-order valence-electron chi connectivity index (χ4n) is 3.22. The zero-order valence-electron chi connectivity index (χ0n) is 16.3. The third-order valence-corrected chi connectivity index (χ3v) is 4.80. The van der Waals surface area contributed by atoms with E-state index < -0.39 is 0 Å². The Bertz CT molecular complexity index is 756. The third-order valence-electron chi connectivity index (χ3n) is 4.80. The molecule has 0 radical (unpaired) electrons. The van der Waals surface area contributed by atoms with Crippen LogP contribution in [0.4, 0.5) is 5.82 Å². The molecule has 0 bridgehead atoms. The van der Waals surface area contributed by atoms with Gasteiger partial charge in [0, 0.05) is 38.1 Å². The molecule has 7 heteroatoms. The van der Waals surface area contributed by atoms with Crippen LogP contribution in [0.25, 0.3) is 0 Å². The minimum atomic E-state index is 0. The lowest BCUT2D eigenvalue weighted by molar-refractivity contribution is 0.459. The van der Waals surface area contributed by atoms with Gasteiger partial charge in [-0.15, -0.1) is 24.0 Å². The van der Waals surface area contributed by atoms with Gasteiger partial charge in [0.25, 0.3) is 0 Å². The summed E-state index contributed by atoms with van der Waals surface area (Å²) in [7, 11) is 1.81. The minimum absolute atomic E-state index is 0. The Balaban J connectivity index is 0.00000261. The first-order valence-corrected chi connectivity index (χ1v) is 9.22. The van der Waals surface area contributed by atoms with Crippen molar-refractivity contribution in [3.63, 3.8) is 0 Å². The van der Waals surface area contributed by atoms with E-state index in [0.29, 0.717) is 12.6 Å². The second-order valence-corrected chi connectivity index (χ2v) is 6.74. The summed E-state index contributed by atoms with van der Waals surface area (Å²) in [5.74, 6) is 1.92. The van der Waals surface area contributed by atoms with Gasteiger partial charge in [0.1, 0.15) is 5.82 Å². The van der Waals surface area contributed by atoms with E-state index >= 15 is 0 Å². The zero-order valence-corrected chi connectivity index (χ0v) is 18.6. The number of aromatic nitrogens is 2. The van der Waals surface area contributed by atoms with E-state index in [0.717, 1.165) is 49.1 Å². The van der Waals surface area contributed by atoms with Crippen molar-refractivity contribution in [1.29, 1.82) is 0 Å². The Kier molecular flexibility index (Phi) is 8.27. The Labute approximate surface area is 178 Å². The summed E-state index contributed by atoms with van der Waals surface area (Å²) in [6, 6.07) is 10.7. The number of hydrogen-bond donors (Lipinski definition) is 2. The molecule has 27 heavy (non-hydrogen) atoms. The van der Waals surface area contributed by atoms with Crippen molar-refractivity contribution in [2.75, 3.05) is 25.0 Å². The number of aliphatic imine (C=N–C) groups is 1. The van der Waals surface area contributed by atoms with Crippen LogP contribution in [0.1, 0.15) is 29.8 Å². The Morgan fingerprint density at radius 3 is 2.63 bits per heavy atom. The van der Waals surface area contributed by atoms with E-state index in [9.17, 15) is 0 Å². The first kappa shape index (κ1) is 21.4. The van der Waals surface area contributed by atoms with Gasteiger partial charge in [-0.1, -0.05) is 12.1 Å². The topological polar surface area (TPSA) is 65.4 Å². The second kappa shape index (κ2) is 10.4. The van der Waals surface area contributed by atoms with Gasteiger partial charge >= 0.3 is 0 Å². The Morgan fingerprint density at radius 1 is 1.19 bits per heavy atom. The van der Waals surface area contributed by atoms with Crippen molar-refractivity contribution in [3.05, 3.63) is 53.5 Å². The minimum Gasteiger partial charge on any atom is -0.356 e. The lowest BCUT2D eigenvalue weighted by atomic mass is 10.1. The maximum absolute atomic E-state index is 4.63. The molecule has 3 rings (SSSR count). The van der Waals surface area contributed by atoms with Crippen molar-refractivity contribution in [1.82, 2.24) is 20.6 Å². The molecule has 2 aromatic rings. The molecule has 2 aromatic heterocycles. The van der Waals surface area contributed by atoms with Gasteiger partial charge in [0.05, 0.1) is 12.2 Å². The standard InChI is InChI=1S/C20H28N6.HI/c1-15-6-5-11-22-18(15)14-23-20(21-3)25-17-9-12-26(13-10-17)19-8-4-7-16(2)24-19;/h4-8,11,17H,9-10,12-14H2,1-3H3,(H2,21,23,25);1H. The van der Waals surface area contributed by atoms with Crippen LogP contribution in [0.5, 0.6) is 0 Å². The van der Waals surface area contributed by atoms with Crippen LogP contribution in [0, 0.1) is 13.8 Å². The van der Waals surface area contributed by atoms with E-state index in [1.807, 2.05) is 32.3 Å². The summed E-state index contributed by atoms with van der Waals surface area (Å²) in [4.78, 5) is 15.8. The highest BCUT2D eigenvalue weighted by molar-refractivity contribution is 14.0. The molecule has 146 valence electrons. The van der Waals surface area contributed by atoms with Crippen LogP contribution in [-0.4, -0.2) is 42.1 Å². The highest BCUT2D eigenvalue weighted by Gasteiger charge is 2.21. The molecule has 0 spiro atoms.